The molecule has 0 fully saturated rings. The molecule has 0 atom stereocenters. The van der Waals surface area contributed by atoms with Gasteiger partial charge in [-0.25, -0.2) is 18.3 Å². The average Bonchev–Trinajstić information content (AvgIpc) is 2.46. The van der Waals surface area contributed by atoms with Gasteiger partial charge in [-0.05, 0) is 57.6 Å². The van der Waals surface area contributed by atoms with Crippen molar-refractivity contribution in [3.8, 4) is 0 Å². The fourth-order valence-corrected chi connectivity index (χ4v) is 8.02. The predicted molar refractivity (Wildman–Crippen MR) is 102 cm³/mol. The van der Waals surface area contributed by atoms with Gasteiger partial charge in [0.05, 0.1) is 0 Å². The highest BCUT2D eigenvalue weighted by Gasteiger charge is 2.38. The van der Waals surface area contributed by atoms with E-state index in [1.165, 1.54) is 16.3 Å². The minimum Gasteiger partial charge on any atom is -0.228 e. The van der Waals surface area contributed by atoms with Gasteiger partial charge in [0.25, 0.3) is 0 Å². The maximum absolute atomic E-state index is 2.48. The fraction of sp³-hybridized carbons (Fsp3) is 0.444. The summed E-state index contributed by atoms with van der Waals surface area (Å²) in [5, 5.41) is 2.61. The van der Waals surface area contributed by atoms with Crippen molar-refractivity contribution >= 4 is 18.3 Å². The molecule has 0 aliphatic heterocycles. The smallest absolute Gasteiger partial charge is 0.228 e. The molecule has 5 heteroatoms. The van der Waals surface area contributed by atoms with E-state index in [0.717, 1.165) is 6.54 Å². The zero-order chi connectivity index (χ0) is 17.2. The topological polar surface area (TPSA) is 12.7 Å². The lowest BCUT2D eigenvalue weighted by atomic mass is 10.1. The van der Waals surface area contributed by atoms with Crippen molar-refractivity contribution in [2.24, 2.45) is 0 Å². The van der Waals surface area contributed by atoms with Crippen LogP contribution in [0.1, 0.15) is 5.56 Å². The van der Waals surface area contributed by atoms with Gasteiger partial charge < -0.3 is 0 Å². The van der Waals surface area contributed by atoms with Crippen molar-refractivity contribution < 1.29 is 4.33 Å². The van der Waals surface area contributed by atoms with E-state index in [2.05, 4.69) is 110 Å². The summed E-state index contributed by atoms with van der Waals surface area (Å²) in [6, 6.07) is 15.3. The number of hydrogen-bond acceptors (Lipinski definition) is 0. The molecule has 2 rings (SSSR count). The Labute approximate surface area is 141 Å². The minimum absolute atomic E-state index is 0.924. The predicted octanol–water partition coefficient (Wildman–Crippen LogP) is 3.61. The van der Waals surface area contributed by atoms with E-state index < -0.39 is 7.51 Å². The standard InChI is InChI=1S/C18H30N4P/c1-19(2)23(20(3)4,21(5)6)22(7)15-16-12-13-17-10-8-9-11-18(17)14-16/h8-14H,15H2,1-7H3/q+1. The SMILES string of the molecule is CN(C)P(N(C)C)(N(C)Cc1ccc2ccccc2c1)=[N+](C)C. The molecule has 0 saturated heterocycles. The Morgan fingerprint density at radius 3 is 1.91 bits per heavy atom. The van der Waals surface area contributed by atoms with Crippen LogP contribution in [-0.4, -0.2) is 67.7 Å². The van der Waals surface area contributed by atoms with Crippen LogP contribution in [-0.2, 0) is 6.54 Å². The Morgan fingerprint density at radius 2 is 1.39 bits per heavy atom. The molecule has 0 aromatic heterocycles. The Kier molecular flexibility index (Phi) is 5.64. The van der Waals surface area contributed by atoms with E-state index in [-0.39, 0.29) is 0 Å². The third-order valence-corrected chi connectivity index (χ3v) is 8.57. The summed E-state index contributed by atoms with van der Waals surface area (Å²) in [6.07, 6.45) is 0. The van der Waals surface area contributed by atoms with Crippen molar-refractivity contribution in [2.75, 3.05) is 49.3 Å². The molecule has 0 unspecified atom stereocenters. The van der Waals surface area contributed by atoms with Crippen molar-refractivity contribution in [1.82, 2.24) is 14.0 Å². The van der Waals surface area contributed by atoms with Gasteiger partial charge in [0.15, 0.2) is 0 Å². The molecule has 0 amide bonds. The van der Waals surface area contributed by atoms with Crippen LogP contribution in [0.15, 0.2) is 42.5 Å². The minimum atomic E-state index is -1.70. The molecule has 0 aliphatic rings. The first-order valence-electron chi connectivity index (χ1n) is 7.92. The number of nitrogens with zero attached hydrogens (tertiary/aromatic N) is 4. The van der Waals surface area contributed by atoms with Gasteiger partial charge in [0.2, 0.25) is 0 Å². The van der Waals surface area contributed by atoms with Crippen LogP contribution < -0.4 is 0 Å². The maximum Gasteiger partial charge on any atom is 0.310 e. The summed E-state index contributed by atoms with van der Waals surface area (Å²) in [6.45, 7) is 0.924. The summed E-state index contributed by atoms with van der Waals surface area (Å²) in [4.78, 5) is 0. The highest BCUT2D eigenvalue weighted by Crippen LogP contribution is 2.54. The summed E-state index contributed by atoms with van der Waals surface area (Å²) in [7, 11) is 13.6. The highest BCUT2D eigenvalue weighted by molar-refractivity contribution is 7.56. The molecule has 0 bridgehead atoms. The van der Waals surface area contributed by atoms with Crippen LogP contribution in [0.3, 0.4) is 0 Å². The summed E-state index contributed by atoms with van der Waals surface area (Å²) >= 11 is 0. The van der Waals surface area contributed by atoms with E-state index in [1.54, 1.807) is 0 Å². The lowest BCUT2D eigenvalue weighted by Gasteiger charge is -2.38. The fourth-order valence-electron chi connectivity index (χ4n) is 3.69. The van der Waals surface area contributed by atoms with Crippen molar-refractivity contribution in [1.29, 1.82) is 0 Å². The van der Waals surface area contributed by atoms with Crippen LogP contribution in [0.4, 0.5) is 0 Å². The zero-order valence-electron chi connectivity index (χ0n) is 15.5. The summed E-state index contributed by atoms with van der Waals surface area (Å²) < 4.78 is 9.55. The van der Waals surface area contributed by atoms with E-state index in [0.29, 0.717) is 0 Å². The molecule has 0 saturated carbocycles. The number of fused-ring (bicyclic) bond motifs is 1. The molecule has 2 aromatic carbocycles. The van der Waals surface area contributed by atoms with Crippen LogP contribution in [0, 0.1) is 0 Å². The second-order valence-electron chi connectivity index (χ2n) is 6.58. The molecule has 4 nitrogen and oxygen atoms in total. The molecule has 0 radical (unpaired) electrons. The van der Waals surface area contributed by atoms with Gasteiger partial charge in [-0.15, -0.1) is 0 Å². The molecule has 0 spiro atoms. The van der Waals surface area contributed by atoms with Gasteiger partial charge in [-0.3, -0.25) is 0 Å². The Morgan fingerprint density at radius 1 is 0.826 bits per heavy atom. The third-order valence-electron chi connectivity index (χ3n) is 4.29. The molecular weight excluding hydrogens is 303 g/mol. The van der Waals surface area contributed by atoms with Gasteiger partial charge >= 0.3 is 7.51 Å². The first-order valence-corrected chi connectivity index (χ1v) is 9.52. The number of rotatable bonds is 5. The lowest BCUT2D eigenvalue weighted by Crippen LogP contribution is -2.36. The molecule has 2 aromatic rings. The van der Waals surface area contributed by atoms with E-state index in [9.17, 15) is 0 Å². The monoisotopic (exact) mass is 333 g/mol. The first-order chi connectivity index (χ1) is 10.8. The van der Waals surface area contributed by atoms with Crippen LogP contribution >= 0.6 is 7.51 Å². The first kappa shape index (κ1) is 18.2. The largest absolute Gasteiger partial charge is 0.310 e. The average molecular weight is 333 g/mol. The zero-order valence-corrected chi connectivity index (χ0v) is 16.4. The summed E-state index contributed by atoms with van der Waals surface area (Å²) in [5.41, 5.74) is 1.35. The molecule has 23 heavy (non-hydrogen) atoms. The Balaban J connectivity index is 2.41. The van der Waals surface area contributed by atoms with Gasteiger partial charge in [0.1, 0.15) is 14.1 Å². The van der Waals surface area contributed by atoms with Gasteiger partial charge in [-0.2, -0.15) is 0 Å². The van der Waals surface area contributed by atoms with Crippen molar-refractivity contribution in [2.45, 2.75) is 6.54 Å². The van der Waals surface area contributed by atoms with Crippen molar-refractivity contribution in [3.05, 3.63) is 48.0 Å². The molecular formula is C18H30N4P+. The van der Waals surface area contributed by atoms with Crippen molar-refractivity contribution in [3.63, 3.8) is 0 Å². The van der Waals surface area contributed by atoms with Crippen LogP contribution in [0.5, 0.6) is 0 Å². The van der Waals surface area contributed by atoms with E-state index in [4.69, 9.17) is 0 Å². The second-order valence-corrected chi connectivity index (χ2v) is 10.7. The number of hydrogen-bond donors (Lipinski definition) is 0. The lowest BCUT2D eigenvalue weighted by molar-refractivity contribution is -0.453. The van der Waals surface area contributed by atoms with Crippen LogP contribution in [0.25, 0.3) is 10.8 Å². The third kappa shape index (κ3) is 3.36. The second kappa shape index (κ2) is 7.14. The van der Waals surface area contributed by atoms with E-state index in [1.807, 2.05) is 0 Å². The normalized spacial score (nSPS) is 12.6. The Hall–Kier alpha value is -1.19. The Bertz CT molecular complexity index is 721. The molecule has 0 heterocycles. The molecule has 0 N–H and O–H groups in total. The maximum atomic E-state index is 2.48. The summed E-state index contributed by atoms with van der Waals surface area (Å²) in [5.74, 6) is 0. The highest BCUT2D eigenvalue weighted by atomic mass is 31.2. The quantitative estimate of drug-likeness (QED) is 0.776. The van der Waals surface area contributed by atoms with Crippen LogP contribution in [0.2, 0.25) is 0 Å². The van der Waals surface area contributed by atoms with Gasteiger partial charge in [0, 0.05) is 6.54 Å². The molecule has 126 valence electrons. The van der Waals surface area contributed by atoms with Gasteiger partial charge in [-0.1, -0.05) is 36.4 Å². The number of benzene rings is 2. The molecule has 0 aliphatic carbocycles. The van der Waals surface area contributed by atoms with E-state index >= 15 is 0 Å².